The number of aromatic amines is 1. The number of carbonyl (C=O) groups excluding carboxylic acids is 1. The molecule has 0 fully saturated rings. The predicted molar refractivity (Wildman–Crippen MR) is 82.2 cm³/mol. The molecular weight excluding hydrogens is 313 g/mol. The second-order valence-corrected chi connectivity index (χ2v) is 5.15. The highest BCUT2D eigenvalue weighted by Crippen LogP contribution is 2.31. The molecule has 3 heterocycles. The minimum atomic E-state index is -0.248. The van der Waals surface area contributed by atoms with Crippen molar-refractivity contribution in [2.45, 2.75) is 6.42 Å². The summed E-state index contributed by atoms with van der Waals surface area (Å²) in [6, 6.07) is 5.45. The Kier molecular flexibility index (Phi) is 3.81. The third-order valence-electron chi connectivity index (χ3n) is 3.03. The van der Waals surface area contributed by atoms with Gasteiger partial charge in [0.05, 0.1) is 10.7 Å². The van der Waals surface area contributed by atoms with Crippen LogP contribution in [0.4, 0.5) is 5.82 Å². The molecule has 0 unspecified atom stereocenters. The predicted octanol–water partition coefficient (Wildman–Crippen LogP) is 2.67. The number of rotatable bonds is 2. The van der Waals surface area contributed by atoms with Gasteiger partial charge >= 0.3 is 0 Å². The van der Waals surface area contributed by atoms with Gasteiger partial charge in [-0.05, 0) is 12.1 Å². The number of carbonyl (C=O) groups is 1. The average Bonchev–Trinajstić information content (AvgIpc) is 2.70. The molecule has 0 aromatic carbocycles. The topological polar surface area (TPSA) is 82.2 Å². The molecule has 1 amide bonds. The van der Waals surface area contributed by atoms with Gasteiger partial charge in [0.25, 0.3) is 5.91 Å². The Morgan fingerprint density at radius 3 is 2.95 bits per heavy atom. The molecule has 3 rings (SSSR count). The maximum Gasteiger partial charge on any atom is 0.268 e. The fraction of sp³-hybridized carbons (Fsp3) is 0.154. The number of fused-ring (bicyclic) bond motifs is 1. The van der Waals surface area contributed by atoms with Crippen molar-refractivity contribution < 1.29 is 4.79 Å². The molecule has 3 N–H and O–H groups in total. The number of pyridine rings is 1. The summed E-state index contributed by atoms with van der Waals surface area (Å²) < 4.78 is 0. The summed E-state index contributed by atoms with van der Waals surface area (Å²) in [5.41, 5.74) is 4.35. The van der Waals surface area contributed by atoms with Gasteiger partial charge in [-0.1, -0.05) is 29.3 Å². The zero-order chi connectivity index (χ0) is 14.8. The Bertz CT molecular complexity index is 711. The van der Waals surface area contributed by atoms with Crippen LogP contribution in [0.5, 0.6) is 0 Å². The van der Waals surface area contributed by atoms with E-state index in [1.165, 1.54) is 0 Å². The van der Waals surface area contributed by atoms with Crippen molar-refractivity contribution in [1.82, 2.24) is 15.3 Å². The average molecular weight is 324 g/mol. The molecule has 0 saturated carbocycles. The van der Waals surface area contributed by atoms with Crippen LogP contribution in [0.3, 0.4) is 0 Å². The van der Waals surface area contributed by atoms with E-state index in [-0.39, 0.29) is 11.1 Å². The highest BCUT2D eigenvalue weighted by atomic mass is 35.5. The van der Waals surface area contributed by atoms with Crippen molar-refractivity contribution >= 4 is 40.6 Å². The Morgan fingerprint density at radius 1 is 1.33 bits per heavy atom. The molecular formula is C13H11Cl2N5O. The highest BCUT2D eigenvalue weighted by molar-refractivity contribution is 6.44. The van der Waals surface area contributed by atoms with Crippen molar-refractivity contribution in [3.8, 4) is 0 Å². The monoisotopic (exact) mass is 323 g/mol. The summed E-state index contributed by atoms with van der Waals surface area (Å²) in [5, 5.41) is 7.59. The highest BCUT2D eigenvalue weighted by Gasteiger charge is 2.26. The number of hydrogen-bond donors (Lipinski definition) is 3. The number of amides is 1. The van der Waals surface area contributed by atoms with E-state index in [1.54, 1.807) is 12.3 Å². The van der Waals surface area contributed by atoms with Crippen molar-refractivity contribution in [2.24, 2.45) is 5.10 Å². The third-order valence-corrected chi connectivity index (χ3v) is 3.79. The zero-order valence-corrected chi connectivity index (χ0v) is 12.3. The molecule has 2 aromatic heterocycles. The second-order valence-electron chi connectivity index (χ2n) is 4.39. The molecule has 0 radical (unpaired) electrons. The van der Waals surface area contributed by atoms with E-state index in [2.05, 4.69) is 25.8 Å². The Labute approximate surface area is 130 Å². The van der Waals surface area contributed by atoms with Crippen LogP contribution >= 0.6 is 23.2 Å². The molecule has 1 aliphatic heterocycles. The molecule has 1 aliphatic rings. The fourth-order valence-electron chi connectivity index (χ4n) is 2.06. The minimum Gasteiger partial charge on any atom is -0.350 e. The lowest BCUT2D eigenvalue weighted by molar-refractivity contribution is 0.0952. The Balaban J connectivity index is 1.99. The maximum atomic E-state index is 11.9. The molecule has 0 spiro atoms. The summed E-state index contributed by atoms with van der Waals surface area (Å²) in [5.74, 6) is 0.356. The lowest BCUT2D eigenvalue weighted by atomic mass is 10.1. The van der Waals surface area contributed by atoms with Gasteiger partial charge in [0, 0.05) is 24.7 Å². The van der Waals surface area contributed by atoms with Crippen LogP contribution in [0, 0.1) is 0 Å². The van der Waals surface area contributed by atoms with E-state index < -0.39 is 0 Å². The van der Waals surface area contributed by atoms with Gasteiger partial charge in [0.1, 0.15) is 16.7 Å². The number of H-pyrrole nitrogens is 1. The van der Waals surface area contributed by atoms with Gasteiger partial charge in [-0.25, -0.2) is 4.98 Å². The van der Waals surface area contributed by atoms with E-state index in [0.717, 1.165) is 0 Å². The lowest BCUT2D eigenvalue weighted by Gasteiger charge is -2.04. The second kappa shape index (κ2) is 5.75. The van der Waals surface area contributed by atoms with Gasteiger partial charge in [-0.2, -0.15) is 5.10 Å². The van der Waals surface area contributed by atoms with E-state index >= 15 is 0 Å². The van der Waals surface area contributed by atoms with Gasteiger partial charge in [0.15, 0.2) is 0 Å². The van der Waals surface area contributed by atoms with Crippen LogP contribution in [0.1, 0.15) is 22.5 Å². The maximum absolute atomic E-state index is 11.9. The summed E-state index contributed by atoms with van der Waals surface area (Å²) in [7, 11) is 0. The molecule has 108 valence electrons. The van der Waals surface area contributed by atoms with Crippen molar-refractivity contribution in [3.63, 3.8) is 0 Å². The number of hydrazone groups is 1. The number of halogens is 2. The van der Waals surface area contributed by atoms with Crippen LogP contribution in [0.2, 0.25) is 10.2 Å². The number of anilines is 1. The SMILES string of the molecule is O=C1NCCC(=NNc2ccccn2)c2c1[nH]c(Cl)c2Cl. The molecule has 0 aliphatic carbocycles. The molecule has 21 heavy (non-hydrogen) atoms. The van der Waals surface area contributed by atoms with Crippen LogP contribution in [-0.4, -0.2) is 28.1 Å². The third kappa shape index (κ3) is 2.72. The van der Waals surface area contributed by atoms with E-state index in [9.17, 15) is 4.79 Å². The van der Waals surface area contributed by atoms with Gasteiger partial charge in [0.2, 0.25) is 0 Å². The number of nitrogens with zero attached hydrogens (tertiary/aromatic N) is 2. The minimum absolute atomic E-state index is 0.226. The first-order valence-electron chi connectivity index (χ1n) is 6.26. The number of hydrogen-bond acceptors (Lipinski definition) is 4. The molecule has 6 nitrogen and oxygen atoms in total. The van der Waals surface area contributed by atoms with Crippen LogP contribution < -0.4 is 10.7 Å². The quantitative estimate of drug-likeness (QED) is 0.743. The zero-order valence-electron chi connectivity index (χ0n) is 10.8. The van der Waals surface area contributed by atoms with Crippen LogP contribution in [0.25, 0.3) is 0 Å². The Hall–Kier alpha value is -2.05. The Morgan fingerprint density at radius 2 is 2.19 bits per heavy atom. The summed E-state index contributed by atoms with van der Waals surface area (Å²) >= 11 is 12.1. The molecule has 8 heteroatoms. The van der Waals surface area contributed by atoms with Crippen molar-refractivity contribution in [1.29, 1.82) is 0 Å². The van der Waals surface area contributed by atoms with E-state index in [1.807, 2.05) is 12.1 Å². The number of nitrogens with one attached hydrogen (secondary N) is 3. The van der Waals surface area contributed by atoms with Crippen molar-refractivity contribution in [3.05, 3.63) is 45.8 Å². The van der Waals surface area contributed by atoms with Gasteiger partial charge in [-0.15, -0.1) is 0 Å². The lowest BCUT2D eigenvalue weighted by Crippen LogP contribution is -2.23. The standard InChI is InChI=1S/C13H11Cl2N5O/c14-10-9-7(19-20-8-3-1-2-5-16-8)4-6-17-13(21)11(9)18-12(10)15/h1-3,5,18H,4,6H2,(H,16,20)(H,17,21). The van der Waals surface area contributed by atoms with Crippen LogP contribution in [0.15, 0.2) is 29.5 Å². The van der Waals surface area contributed by atoms with Crippen molar-refractivity contribution in [2.75, 3.05) is 12.0 Å². The summed E-state index contributed by atoms with van der Waals surface area (Å²) in [4.78, 5) is 18.8. The largest absolute Gasteiger partial charge is 0.350 e. The first-order chi connectivity index (χ1) is 10.2. The van der Waals surface area contributed by atoms with E-state index in [0.29, 0.717) is 40.8 Å². The number of aromatic nitrogens is 2. The normalized spacial score (nSPS) is 16.3. The molecule has 0 atom stereocenters. The van der Waals surface area contributed by atoms with Gasteiger partial charge in [-0.3, -0.25) is 10.2 Å². The first-order valence-corrected chi connectivity index (χ1v) is 7.01. The molecule has 0 bridgehead atoms. The van der Waals surface area contributed by atoms with Crippen LogP contribution in [-0.2, 0) is 0 Å². The molecule has 2 aromatic rings. The summed E-state index contributed by atoms with van der Waals surface area (Å²) in [6.07, 6.45) is 2.19. The summed E-state index contributed by atoms with van der Waals surface area (Å²) in [6.45, 7) is 0.470. The first kappa shape index (κ1) is 13.9. The van der Waals surface area contributed by atoms with E-state index in [4.69, 9.17) is 23.2 Å². The molecule has 0 saturated heterocycles. The smallest absolute Gasteiger partial charge is 0.268 e. The van der Waals surface area contributed by atoms with Gasteiger partial charge < -0.3 is 10.3 Å². The fourth-order valence-corrected chi connectivity index (χ4v) is 2.50.